The lowest BCUT2D eigenvalue weighted by Gasteiger charge is -2.36. The van der Waals surface area contributed by atoms with Crippen LogP contribution in [0.1, 0.15) is 29.5 Å². The molecule has 3 aromatic rings. The van der Waals surface area contributed by atoms with Gasteiger partial charge in [0.15, 0.2) is 5.58 Å². The molecule has 1 atom stereocenters. The molecule has 0 spiro atoms. The number of fused-ring (bicyclic) bond motifs is 3. The highest BCUT2D eigenvalue weighted by Crippen LogP contribution is 2.29. The number of benzene rings is 2. The first-order chi connectivity index (χ1) is 14.2. The topological polar surface area (TPSA) is 48.3 Å². The maximum atomic E-state index is 11.9. The van der Waals surface area contributed by atoms with E-state index in [4.69, 9.17) is 9.15 Å². The normalized spacial score (nSPS) is 24.1. The zero-order chi connectivity index (χ0) is 19.8. The summed E-state index contributed by atoms with van der Waals surface area (Å²) in [7, 11) is 0. The molecule has 2 aliphatic heterocycles. The first-order valence-corrected chi connectivity index (χ1v) is 10.6. The molecule has 2 aliphatic rings. The minimum Gasteiger partial charge on any atom is -0.445 e. The average molecular weight is 392 g/mol. The van der Waals surface area contributed by atoms with Gasteiger partial charge in [0.05, 0.1) is 18.7 Å². The lowest BCUT2D eigenvalue weighted by molar-refractivity contribution is -0.981. The minimum atomic E-state index is -0.284. The first-order valence-electron chi connectivity index (χ1n) is 10.6. The van der Waals surface area contributed by atoms with Crippen molar-refractivity contribution in [2.45, 2.75) is 38.9 Å². The Kier molecular flexibility index (Phi) is 4.86. The van der Waals surface area contributed by atoms with Gasteiger partial charge in [-0.3, -0.25) is 4.90 Å². The van der Waals surface area contributed by atoms with Crippen LogP contribution < -0.4 is 20.2 Å². The third kappa shape index (κ3) is 3.68. The summed E-state index contributed by atoms with van der Waals surface area (Å²) in [6, 6.07) is 17.0. The summed E-state index contributed by atoms with van der Waals surface area (Å²) in [5.74, 6) is 0.863. The number of hydrogen-bond acceptors (Lipinski definition) is 3. The maximum absolute atomic E-state index is 11.9. The Labute approximate surface area is 170 Å². The largest absolute Gasteiger partial charge is 0.445 e. The Balaban J connectivity index is 1.30. The Morgan fingerprint density at radius 3 is 2.66 bits per heavy atom. The van der Waals surface area contributed by atoms with Crippen molar-refractivity contribution in [3.8, 4) is 5.75 Å². The van der Waals surface area contributed by atoms with E-state index < -0.39 is 0 Å². The van der Waals surface area contributed by atoms with Crippen LogP contribution in [0.15, 0.2) is 57.7 Å². The highest BCUT2D eigenvalue weighted by atomic mass is 16.5. The van der Waals surface area contributed by atoms with E-state index in [1.165, 1.54) is 36.4 Å². The van der Waals surface area contributed by atoms with Crippen molar-refractivity contribution >= 4 is 11.0 Å². The van der Waals surface area contributed by atoms with E-state index in [-0.39, 0.29) is 5.63 Å². The van der Waals surface area contributed by atoms with Crippen LogP contribution in [0.4, 0.5) is 0 Å². The van der Waals surface area contributed by atoms with Crippen LogP contribution in [-0.2, 0) is 13.1 Å². The van der Waals surface area contributed by atoms with Crippen molar-refractivity contribution in [3.05, 3.63) is 75.6 Å². The van der Waals surface area contributed by atoms with E-state index in [1.54, 1.807) is 11.0 Å². The van der Waals surface area contributed by atoms with E-state index in [2.05, 4.69) is 30.3 Å². The molecule has 1 unspecified atom stereocenters. The number of piperidine rings is 1. The van der Waals surface area contributed by atoms with Gasteiger partial charge in [0.1, 0.15) is 24.9 Å². The van der Waals surface area contributed by atoms with Crippen LogP contribution in [0.25, 0.3) is 11.0 Å². The predicted molar refractivity (Wildman–Crippen MR) is 111 cm³/mol. The fraction of sp³-hybridized carbons (Fsp3) is 0.375. The summed E-state index contributed by atoms with van der Waals surface area (Å²) in [5.41, 5.74) is 3.85. The van der Waals surface area contributed by atoms with Crippen molar-refractivity contribution in [1.82, 2.24) is 0 Å². The minimum absolute atomic E-state index is 0.284. The molecule has 0 aliphatic carbocycles. The number of aryl methyl sites for hydroxylation is 1. The van der Waals surface area contributed by atoms with Crippen molar-refractivity contribution in [1.29, 1.82) is 0 Å². The molecule has 1 aromatic heterocycles. The second kappa shape index (κ2) is 7.65. The fourth-order valence-corrected chi connectivity index (χ4v) is 4.93. The second-order valence-corrected chi connectivity index (χ2v) is 8.48. The molecule has 5 heteroatoms. The molecule has 1 saturated heterocycles. The number of rotatable bonds is 3. The lowest BCUT2D eigenvalue weighted by Crippen LogP contribution is -3.20. The molecule has 29 heavy (non-hydrogen) atoms. The van der Waals surface area contributed by atoms with Crippen LogP contribution >= 0.6 is 0 Å². The molecule has 1 fully saturated rings. The Bertz CT molecular complexity index is 1070. The molecule has 0 amide bonds. The monoisotopic (exact) mass is 392 g/mol. The Morgan fingerprint density at radius 2 is 1.86 bits per heavy atom. The van der Waals surface area contributed by atoms with Crippen LogP contribution in [0.2, 0.25) is 0 Å². The standard InChI is InChI=1S/C24H26N2O3/c1-17-13-23(27)29-24-20(17)7-8-22-21(24)15-26(16-28-22)19-9-11-25(12-10-19)14-18-5-3-2-4-6-18/h2-8,13,19H,9-12,14-16H2,1H3/p+2. The molecule has 5 rings (SSSR count). The van der Waals surface area contributed by atoms with Crippen molar-refractivity contribution in [2.75, 3.05) is 19.8 Å². The lowest BCUT2D eigenvalue weighted by atomic mass is 10.00. The molecule has 2 aromatic carbocycles. The molecule has 0 bridgehead atoms. The van der Waals surface area contributed by atoms with Gasteiger partial charge in [0, 0.05) is 29.9 Å². The Hall–Kier alpha value is -2.63. The molecule has 0 radical (unpaired) electrons. The summed E-state index contributed by atoms with van der Waals surface area (Å²) in [5, 5.41) is 1.01. The quantitative estimate of drug-likeness (QED) is 0.656. The SMILES string of the molecule is Cc1cc(=O)oc2c3c(ccc12)OC[NH+](C1CC[NH+](Cc2ccccc2)CC1)C3. The van der Waals surface area contributed by atoms with Gasteiger partial charge in [0.25, 0.3) is 0 Å². The van der Waals surface area contributed by atoms with Gasteiger partial charge >= 0.3 is 5.63 Å². The first kappa shape index (κ1) is 18.4. The summed E-state index contributed by atoms with van der Waals surface area (Å²) >= 11 is 0. The summed E-state index contributed by atoms with van der Waals surface area (Å²) in [6.45, 7) is 7.01. The highest BCUT2D eigenvalue weighted by molar-refractivity contribution is 5.84. The zero-order valence-corrected chi connectivity index (χ0v) is 16.9. The molecular weight excluding hydrogens is 364 g/mol. The number of quaternary nitrogens is 2. The predicted octanol–water partition coefficient (Wildman–Crippen LogP) is 1.08. The molecule has 2 N–H and O–H groups in total. The van der Waals surface area contributed by atoms with Gasteiger partial charge in [-0.15, -0.1) is 0 Å². The number of hydrogen-bond donors (Lipinski definition) is 2. The van der Waals surface area contributed by atoms with Crippen LogP contribution in [0.5, 0.6) is 5.75 Å². The summed E-state index contributed by atoms with van der Waals surface area (Å²) < 4.78 is 11.7. The summed E-state index contributed by atoms with van der Waals surface area (Å²) in [4.78, 5) is 15.1. The van der Waals surface area contributed by atoms with Gasteiger partial charge in [-0.2, -0.15) is 0 Å². The Morgan fingerprint density at radius 1 is 1.07 bits per heavy atom. The van der Waals surface area contributed by atoms with Crippen LogP contribution in [0.3, 0.4) is 0 Å². The van der Waals surface area contributed by atoms with Gasteiger partial charge < -0.3 is 14.1 Å². The number of nitrogens with one attached hydrogen (secondary N) is 2. The number of likely N-dealkylation sites (tertiary alicyclic amines) is 1. The van der Waals surface area contributed by atoms with E-state index >= 15 is 0 Å². The zero-order valence-electron chi connectivity index (χ0n) is 16.9. The van der Waals surface area contributed by atoms with Crippen molar-refractivity contribution < 1.29 is 19.0 Å². The highest BCUT2D eigenvalue weighted by Gasteiger charge is 2.34. The van der Waals surface area contributed by atoms with Crippen molar-refractivity contribution in [3.63, 3.8) is 0 Å². The van der Waals surface area contributed by atoms with E-state index in [1.807, 2.05) is 19.1 Å². The second-order valence-electron chi connectivity index (χ2n) is 8.48. The van der Waals surface area contributed by atoms with E-state index in [0.717, 1.165) is 35.4 Å². The third-order valence-electron chi connectivity index (χ3n) is 6.56. The fourth-order valence-electron chi connectivity index (χ4n) is 4.93. The molecule has 0 saturated carbocycles. The molecule has 150 valence electrons. The average Bonchev–Trinajstić information content (AvgIpc) is 2.74. The number of ether oxygens (including phenoxy) is 1. The van der Waals surface area contributed by atoms with Gasteiger partial charge in [-0.25, -0.2) is 4.79 Å². The van der Waals surface area contributed by atoms with E-state index in [0.29, 0.717) is 18.4 Å². The third-order valence-corrected chi connectivity index (χ3v) is 6.56. The van der Waals surface area contributed by atoms with Crippen LogP contribution in [0, 0.1) is 6.92 Å². The van der Waals surface area contributed by atoms with Crippen molar-refractivity contribution in [2.24, 2.45) is 0 Å². The smallest absolute Gasteiger partial charge is 0.336 e. The maximum Gasteiger partial charge on any atom is 0.336 e. The van der Waals surface area contributed by atoms with Gasteiger partial charge in [-0.1, -0.05) is 30.3 Å². The molecule has 3 heterocycles. The summed E-state index contributed by atoms with van der Waals surface area (Å²) in [6.07, 6.45) is 2.40. The molecular formula is C24H28N2O3+2. The van der Waals surface area contributed by atoms with Crippen LogP contribution in [-0.4, -0.2) is 25.9 Å². The van der Waals surface area contributed by atoms with Gasteiger partial charge in [0.2, 0.25) is 6.73 Å². The van der Waals surface area contributed by atoms with E-state index in [9.17, 15) is 4.79 Å². The molecule has 5 nitrogen and oxygen atoms in total. The van der Waals surface area contributed by atoms with Gasteiger partial charge in [-0.05, 0) is 24.6 Å².